The molecule has 0 aliphatic carbocycles. The minimum Gasteiger partial charge on any atom is -0.345 e. The van der Waals surface area contributed by atoms with Crippen LogP contribution in [0.2, 0.25) is 0 Å². The Morgan fingerprint density at radius 1 is 1.50 bits per heavy atom. The molecule has 0 fully saturated rings. The van der Waals surface area contributed by atoms with Crippen LogP contribution in [0.15, 0.2) is 29.0 Å². The van der Waals surface area contributed by atoms with Crippen molar-refractivity contribution >= 4 is 27.7 Å². The molecule has 0 saturated heterocycles. The lowest BCUT2D eigenvalue weighted by molar-refractivity contribution is 0.101. The van der Waals surface area contributed by atoms with E-state index in [1.54, 1.807) is 34.6 Å². The van der Waals surface area contributed by atoms with Gasteiger partial charge in [0.05, 0.1) is 6.20 Å². The highest BCUT2D eigenvalue weighted by atomic mass is 79.9. The number of amides is 1. The van der Waals surface area contributed by atoms with Gasteiger partial charge >= 0.3 is 0 Å². The topological polar surface area (TPSA) is 51.9 Å². The van der Waals surface area contributed by atoms with Gasteiger partial charge in [-0.05, 0) is 22.0 Å². The highest BCUT2D eigenvalue weighted by Gasteiger charge is 2.12. The maximum absolute atomic E-state index is 11.9. The van der Waals surface area contributed by atoms with Crippen LogP contribution in [0.25, 0.3) is 0 Å². The average molecular weight is 283 g/mol. The summed E-state index contributed by atoms with van der Waals surface area (Å²) in [5.41, 5.74) is 0.591. The number of anilines is 1. The van der Waals surface area contributed by atoms with Crippen molar-refractivity contribution < 1.29 is 4.79 Å². The Kier molecular flexibility index (Phi) is 2.82. The summed E-state index contributed by atoms with van der Waals surface area (Å²) in [6.45, 7) is 0. The number of rotatable bonds is 2. The lowest BCUT2D eigenvalue weighted by atomic mass is 10.4. The molecule has 0 unspecified atom stereocenters. The smallest absolute Gasteiger partial charge is 0.273 e. The van der Waals surface area contributed by atoms with E-state index in [9.17, 15) is 4.79 Å². The van der Waals surface area contributed by atoms with Gasteiger partial charge in [-0.15, -0.1) is 0 Å². The van der Waals surface area contributed by atoms with Gasteiger partial charge in [-0.1, -0.05) is 0 Å². The van der Waals surface area contributed by atoms with E-state index >= 15 is 0 Å². The molecule has 2 aromatic rings. The zero-order valence-electron chi connectivity index (χ0n) is 8.94. The summed E-state index contributed by atoms with van der Waals surface area (Å²) in [6.07, 6.45) is 3.47. The van der Waals surface area contributed by atoms with E-state index in [1.165, 1.54) is 0 Å². The third-order valence-electron chi connectivity index (χ3n) is 2.27. The molecule has 84 valence electrons. The quantitative estimate of drug-likeness (QED) is 0.913. The summed E-state index contributed by atoms with van der Waals surface area (Å²) in [7, 11) is 3.60. The number of nitrogens with zero attached hydrogens (tertiary/aromatic N) is 3. The first-order chi connectivity index (χ1) is 7.58. The third kappa shape index (κ3) is 2.01. The first kappa shape index (κ1) is 10.9. The molecule has 2 aromatic heterocycles. The van der Waals surface area contributed by atoms with Crippen molar-refractivity contribution in [3.8, 4) is 0 Å². The Morgan fingerprint density at radius 3 is 2.75 bits per heavy atom. The monoisotopic (exact) mass is 282 g/mol. The van der Waals surface area contributed by atoms with E-state index in [4.69, 9.17) is 0 Å². The Morgan fingerprint density at radius 2 is 2.25 bits per heavy atom. The zero-order valence-corrected chi connectivity index (χ0v) is 10.5. The molecule has 0 spiro atoms. The molecule has 2 heterocycles. The van der Waals surface area contributed by atoms with E-state index in [-0.39, 0.29) is 5.91 Å². The van der Waals surface area contributed by atoms with Crippen LogP contribution in [-0.4, -0.2) is 20.3 Å². The molecule has 0 saturated carbocycles. The molecule has 0 aliphatic heterocycles. The molecule has 6 heteroatoms. The summed E-state index contributed by atoms with van der Waals surface area (Å²) in [6, 6.07) is 3.52. The average Bonchev–Trinajstić information content (AvgIpc) is 2.74. The number of hydrogen-bond donors (Lipinski definition) is 1. The van der Waals surface area contributed by atoms with Gasteiger partial charge in [-0.25, -0.2) is 0 Å². The predicted octanol–water partition coefficient (Wildman–Crippen LogP) is 1.77. The van der Waals surface area contributed by atoms with Crippen molar-refractivity contribution in [3.63, 3.8) is 0 Å². The van der Waals surface area contributed by atoms with Crippen LogP contribution in [-0.2, 0) is 14.1 Å². The molecule has 0 radical (unpaired) electrons. The third-order valence-corrected chi connectivity index (χ3v) is 2.70. The molecule has 1 amide bonds. The van der Waals surface area contributed by atoms with Crippen molar-refractivity contribution in [2.24, 2.45) is 14.1 Å². The van der Waals surface area contributed by atoms with Crippen LogP contribution in [0.5, 0.6) is 0 Å². The molecule has 0 bridgehead atoms. The molecule has 16 heavy (non-hydrogen) atoms. The van der Waals surface area contributed by atoms with Crippen LogP contribution in [0, 0.1) is 0 Å². The van der Waals surface area contributed by atoms with E-state index < -0.39 is 0 Å². The maximum atomic E-state index is 11.9. The first-order valence-electron chi connectivity index (χ1n) is 4.69. The van der Waals surface area contributed by atoms with Crippen molar-refractivity contribution in [1.82, 2.24) is 14.3 Å². The lowest BCUT2D eigenvalue weighted by Gasteiger charge is -2.05. The summed E-state index contributed by atoms with van der Waals surface area (Å²) >= 11 is 3.33. The van der Waals surface area contributed by atoms with Gasteiger partial charge in [0, 0.05) is 30.8 Å². The number of halogens is 1. The van der Waals surface area contributed by atoms with Crippen LogP contribution in [0.4, 0.5) is 5.82 Å². The Balaban J connectivity index is 2.21. The minimum atomic E-state index is -0.156. The highest BCUT2D eigenvalue weighted by Crippen LogP contribution is 2.15. The minimum absolute atomic E-state index is 0.156. The first-order valence-corrected chi connectivity index (χ1v) is 5.48. The summed E-state index contributed by atoms with van der Waals surface area (Å²) < 4.78 is 4.25. The fourth-order valence-electron chi connectivity index (χ4n) is 1.43. The number of aromatic nitrogens is 3. The summed E-state index contributed by atoms with van der Waals surface area (Å²) in [5, 5.41) is 6.76. The maximum Gasteiger partial charge on any atom is 0.273 e. The van der Waals surface area contributed by atoms with Crippen LogP contribution < -0.4 is 5.32 Å². The second kappa shape index (κ2) is 4.13. The lowest BCUT2D eigenvalue weighted by Crippen LogP contribution is -2.17. The predicted molar refractivity (Wildman–Crippen MR) is 64.3 cm³/mol. The molecule has 5 nitrogen and oxygen atoms in total. The van der Waals surface area contributed by atoms with Gasteiger partial charge in [0.15, 0.2) is 0 Å². The SMILES string of the molecule is Cn1cc(Br)cc1C(=O)Nc1ccnn1C. The fraction of sp³-hybridized carbons (Fsp3) is 0.200. The van der Waals surface area contributed by atoms with Gasteiger partial charge in [0.2, 0.25) is 0 Å². The highest BCUT2D eigenvalue weighted by molar-refractivity contribution is 9.10. The van der Waals surface area contributed by atoms with Gasteiger partial charge in [0.1, 0.15) is 11.5 Å². The molecule has 2 rings (SSSR count). The van der Waals surface area contributed by atoms with E-state index in [1.807, 2.05) is 13.2 Å². The van der Waals surface area contributed by atoms with E-state index in [0.717, 1.165) is 4.47 Å². The number of carbonyl (C=O) groups excluding carboxylic acids is 1. The summed E-state index contributed by atoms with van der Waals surface area (Å²) in [5.74, 6) is 0.513. The fourth-order valence-corrected chi connectivity index (χ4v) is 1.95. The molecular formula is C10H11BrN4O. The number of aryl methyl sites for hydroxylation is 2. The Bertz CT molecular complexity index is 529. The van der Waals surface area contributed by atoms with Crippen LogP contribution in [0.3, 0.4) is 0 Å². The van der Waals surface area contributed by atoms with Gasteiger partial charge in [-0.2, -0.15) is 5.10 Å². The number of nitrogens with one attached hydrogen (secondary N) is 1. The van der Waals surface area contributed by atoms with Gasteiger partial charge < -0.3 is 9.88 Å². The van der Waals surface area contributed by atoms with Crippen LogP contribution in [0.1, 0.15) is 10.5 Å². The van der Waals surface area contributed by atoms with Crippen molar-refractivity contribution in [2.75, 3.05) is 5.32 Å². The number of hydrogen-bond acceptors (Lipinski definition) is 2. The molecule has 0 aliphatic rings. The molecule has 0 aromatic carbocycles. The van der Waals surface area contributed by atoms with Gasteiger partial charge in [0.25, 0.3) is 5.91 Å². The van der Waals surface area contributed by atoms with E-state index in [2.05, 4.69) is 26.3 Å². The van der Waals surface area contributed by atoms with Gasteiger partial charge in [-0.3, -0.25) is 9.48 Å². The molecular weight excluding hydrogens is 272 g/mol. The second-order valence-electron chi connectivity index (χ2n) is 3.45. The van der Waals surface area contributed by atoms with Crippen molar-refractivity contribution in [2.45, 2.75) is 0 Å². The molecule has 1 N–H and O–H groups in total. The standard InChI is InChI=1S/C10H11BrN4O/c1-14-6-7(11)5-8(14)10(16)13-9-3-4-12-15(9)2/h3-6H,1-2H3,(H,13,16). The Labute approximate surface area is 101 Å². The van der Waals surface area contributed by atoms with Crippen LogP contribution >= 0.6 is 15.9 Å². The molecule has 0 atom stereocenters. The van der Waals surface area contributed by atoms with E-state index in [0.29, 0.717) is 11.5 Å². The zero-order chi connectivity index (χ0) is 11.7. The number of carbonyl (C=O) groups is 1. The van der Waals surface area contributed by atoms with Crippen molar-refractivity contribution in [3.05, 3.63) is 34.7 Å². The van der Waals surface area contributed by atoms with Crippen molar-refractivity contribution in [1.29, 1.82) is 0 Å². The second-order valence-corrected chi connectivity index (χ2v) is 4.36. The normalized spacial score (nSPS) is 10.4. The largest absolute Gasteiger partial charge is 0.345 e. The summed E-state index contributed by atoms with van der Waals surface area (Å²) in [4.78, 5) is 11.9. The Hall–Kier alpha value is -1.56.